The van der Waals surface area contributed by atoms with Gasteiger partial charge in [-0.3, -0.25) is 9.59 Å². The van der Waals surface area contributed by atoms with E-state index >= 15 is 0 Å². The molecular formula is C23H23N3O2. The van der Waals surface area contributed by atoms with Crippen molar-refractivity contribution in [2.24, 2.45) is 5.92 Å². The van der Waals surface area contributed by atoms with Gasteiger partial charge in [0.1, 0.15) is 5.78 Å². The van der Waals surface area contributed by atoms with Crippen molar-refractivity contribution in [2.45, 2.75) is 19.3 Å². The Balaban J connectivity index is 1.41. The average molecular weight is 373 g/mol. The van der Waals surface area contributed by atoms with Crippen LogP contribution in [0.3, 0.4) is 0 Å². The van der Waals surface area contributed by atoms with Crippen molar-refractivity contribution in [3.63, 3.8) is 0 Å². The van der Waals surface area contributed by atoms with Gasteiger partial charge in [-0.15, -0.1) is 0 Å². The monoisotopic (exact) mass is 373 g/mol. The average Bonchev–Trinajstić information content (AvgIpc) is 3.29. The lowest BCUT2D eigenvalue weighted by atomic mass is 9.90. The van der Waals surface area contributed by atoms with Crippen LogP contribution in [0.25, 0.3) is 5.69 Å². The summed E-state index contributed by atoms with van der Waals surface area (Å²) in [5, 5.41) is 0. The standard InChI is InChI=1S/C23H23N3O2/c27-22(15-18-5-2-1-3-6-18)20-7-4-13-25(16-20)23(28)19-8-10-21(11-9-19)26-14-12-24-17-26/h1-3,5-6,8-12,14,17,20H,4,7,13,15-16H2. The number of carbonyl (C=O) groups is 2. The molecule has 5 nitrogen and oxygen atoms in total. The lowest BCUT2D eigenvalue weighted by Gasteiger charge is -2.32. The third-order valence-electron chi connectivity index (χ3n) is 5.30. The van der Waals surface area contributed by atoms with Gasteiger partial charge < -0.3 is 9.47 Å². The van der Waals surface area contributed by atoms with Gasteiger partial charge in [0.25, 0.3) is 5.91 Å². The molecule has 2 heterocycles. The molecular weight excluding hydrogens is 350 g/mol. The van der Waals surface area contributed by atoms with Crippen molar-refractivity contribution in [3.8, 4) is 5.69 Å². The van der Waals surface area contributed by atoms with Crippen LogP contribution in [0.1, 0.15) is 28.8 Å². The topological polar surface area (TPSA) is 55.2 Å². The van der Waals surface area contributed by atoms with Crippen molar-refractivity contribution in [3.05, 3.63) is 84.4 Å². The van der Waals surface area contributed by atoms with E-state index in [1.54, 1.807) is 12.5 Å². The number of carbonyl (C=O) groups excluding carboxylic acids is 2. The number of nitrogens with zero attached hydrogens (tertiary/aromatic N) is 3. The minimum absolute atomic E-state index is 0.00519. The normalized spacial score (nSPS) is 16.7. The molecule has 1 unspecified atom stereocenters. The van der Waals surface area contributed by atoms with Gasteiger partial charge >= 0.3 is 0 Å². The van der Waals surface area contributed by atoms with E-state index in [0.29, 0.717) is 25.1 Å². The number of benzene rings is 2. The summed E-state index contributed by atoms with van der Waals surface area (Å²) < 4.78 is 1.90. The van der Waals surface area contributed by atoms with E-state index in [4.69, 9.17) is 0 Å². The Hall–Kier alpha value is -3.21. The van der Waals surface area contributed by atoms with Gasteiger partial charge in [-0.05, 0) is 42.7 Å². The van der Waals surface area contributed by atoms with Crippen LogP contribution >= 0.6 is 0 Å². The van der Waals surface area contributed by atoms with Crippen LogP contribution in [0.4, 0.5) is 0 Å². The van der Waals surface area contributed by atoms with E-state index in [2.05, 4.69) is 4.98 Å². The molecule has 4 rings (SSSR count). The van der Waals surface area contributed by atoms with Crippen molar-refractivity contribution in [2.75, 3.05) is 13.1 Å². The first-order valence-corrected chi connectivity index (χ1v) is 9.65. The van der Waals surface area contributed by atoms with Crippen LogP contribution in [0.5, 0.6) is 0 Å². The number of likely N-dealkylation sites (tertiary alicyclic amines) is 1. The summed E-state index contributed by atoms with van der Waals surface area (Å²) in [5.74, 6) is 0.136. The Bertz CT molecular complexity index is 934. The van der Waals surface area contributed by atoms with E-state index in [1.165, 1.54) is 0 Å². The Morgan fingerprint density at radius 3 is 2.54 bits per heavy atom. The van der Waals surface area contributed by atoms with Crippen LogP contribution in [0, 0.1) is 5.92 Å². The number of hydrogen-bond acceptors (Lipinski definition) is 3. The number of Topliss-reactive ketones (excluding diaryl/α,β-unsaturated/α-hetero) is 1. The number of aromatic nitrogens is 2. The maximum Gasteiger partial charge on any atom is 0.253 e. The maximum absolute atomic E-state index is 12.9. The fourth-order valence-electron chi connectivity index (χ4n) is 3.74. The summed E-state index contributed by atoms with van der Waals surface area (Å²) in [6.45, 7) is 1.21. The fourth-order valence-corrected chi connectivity index (χ4v) is 3.74. The fraction of sp³-hybridized carbons (Fsp3) is 0.261. The molecule has 0 N–H and O–H groups in total. The van der Waals surface area contributed by atoms with Gasteiger partial charge in [0, 0.05) is 49.1 Å². The third kappa shape index (κ3) is 4.03. The van der Waals surface area contributed by atoms with Gasteiger partial charge in [-0.2, -0.15) is 0 Å². The lowest BCUT2D eigenvalue weighted by molar-refractivity contribution is -0.123. The molecule has 0 bridgehead atoms. The van der Waals surface area contributed by atoms with Gasteiger partial charge in [0.2, 0.25) is 0 Å². The molecule has 1 saturated heterocycles. The predicted molar refractivity (Wildman–Crippen MR) is 107 cm³/mol. The molecule has 0 saturated carbocycles. The molecule has 1 aliphatic heterocycles. The van der Waals surface area contributed by atoms with E-state index in [0.717, 1.165) is 24.1 Å². The highest BCUT2D eigenvalue weighted by Gasteiger charge is 2.28. The summed E-state index contributed by atoms with van der Waals surface area (Å²) >= 11 is 0. The number of ketones is 1. The Morgan fingerprint density at radius 2 is 1.82 bits per heavy atom. The van der Waals surface area contributed by atoms with E-state index in [1.807, 2.05) is 70.3 Å². The summed E-state index contributed by atoms with van der Waals surface area (Å²) in [5.41, 5.74) is 2.65. The second-order valence-corrected chi connectivity index (χ2v) is 7.24. The molecule has 5 heteroatoms. The zero-order chi connectivity index (χ0) is 19.3. The predicted octanol–water partition coefficient (Wildman–Crippen LogP) is 3.54. The zero-order valence-electron chi connectivity index (χ0n) is 15.7. The first-order valence-electron chi connectivity index (χ1n) is 9.65. The van der Waals surface area contributed by atoms with Crippen molar-refractivity contribution in [1.82, 2.24) is 14.5 Å². The van der Waals surface area contributed by atoms with E-state index < -0.39 is 0 Å². The van der Waals surface area contributed by atoms with Gasteiger partial charge in [-0.25, -0.2) is 4.98 Å². The molecule has 0 spiro atoms. The summed E-state index contributed by atoms with van der Waals surface area (Å²) in [6.07, 6.45) is 7.47. The molecule has 0 aliphatic carbocycles. The second kappa shape index (κ2) is 8.21. The van der Waals surface area contributed by atoms with Crippen LogP contribution in [0.2, 0.25) is 0 Å². The molecule has 142 valence electrons. The Kier molecular flexibility index (Phi) is 5.33. The van der Waals surface area contributed by atoms with E-state index in [-0.39, 0.29) is 17.6 Å². The SMILES string of the molecule is O=C(Cc1ccccc1)C1CCCN(C(=O)c2ccc(-n3ccnc3)cc2)C1. The van der Waals surface area contributed by atoms with Crippen LogP contribution in [-0.4, -0.2) is 39.2 Å². The zero-order valence-corrected chi connectivity index (χ0v) is 15.7. The number of hydrogen-bond donors (Lipinski definition) is 0. The largest absolute Gasteiger partial charge is 0.338 e. The number of rotatable bonds is 5. The molecule has 1 aliphatic rings. The Labute approximate surface area is 164 Å². The summed E-state index contributed by atoms with van der Waals surface area (Å²) in [7, 11) is 0. The van der Waals surface area contributed by atoms with Crippen molar-refractivity contribution in [1.29, 1.82) is 0 Å². The number of imidazole rings is 1. The molecule has 28 heavy (non-hydrogen) atoms. The first kappa shape index (κ1) is 18.2. The highest BCUT2D eigenvalue weighted by Crippen LogP contribution is 2.21. The van der Waals surface area contributed by atoms with Gasteiger partial charge in [0.15, 0.2) is 0 Å². The lowest BCUT2D eigenvalue weighted by Crippen LogP contribution is -2.42. The van der Waals surface area contributed by atoms with E-state index in [9.17, 15) is 9.59 Å². The van der Waals surface area contributed by atoms with Crippen LogP contribution < -0.4 is 0 Å². The molecule has 1 fully saturated rings. The molecule has 3 aromatic rings. The maximum atomic E-state index is 12.9. The number of piperidine rings is 1. The highest BCUT2D eigenvalue weighted by molar-refractivity contribution is 5.95. The smallest absolute Gasteiger partial charge is 0.253 e. The molecule has 0 radical (unpaired) electrons. The molecule has 1 amide bonds. The highest BCUT2D eigenvalue weighted by atomic mass is 16.2. The minimum Gasteiger partial charge on any atom is -0.338 e. The van der Waals surface area contributed by atoms with Gasteiger partial charge in [0.05, 0.1) is 6.33 Å². The van der Waals surface area contributed by atoms with Crippen LogP contribution in [0.15, 0.2) is 73.3 Å². The summed E-state index contributed by atoms with van der Waals surface area (Å²) in [6, 6.07) is 17.3. The summed E-state index contributed by atoms with van der Waals surface area (Å²) in [4.78, 5) is 31.5. The number of amides is 1. The first-order chi connectivity index (χ1) is 13.7. The van der Waals surface area contributed by atoms with Gasteiger partial charge in [-0.1, -0.05) is 30.3 Å². The third-order valence-corrected chi connectivity index (χ3v) is 5.30. The van der Waals surface area contributed by atoms with Crippen molar-refractivity contribution >= 4 is 11.7 Å². The van der Waals surface area contributed by atoms with Crippen molar-refractivity contribution < 1.29 is 9.59 Å². The quantitative estimate of drug-likeness (QED) is 0.687. The molecule has 2 aromatic carbocycles. The Morgan fingerprint density at radius 1 is 1.04 bits per heavy atom. The van der Waals surface area contributed by atoms with Crippen LogP contribution in [-0.2, 0) is 11.2 Å². The minimum atomic E-state index is -0.0804. The molecule has 1 aromatic heterocycles. The molecule has 1 atom stereocenters. The second-order valence-electron chi connectivity index (χ2n) is 7.24.